The average molecular weight is 1030 g/mol. The van der Waals surface area contributed by atoms with Crippen molar-refractivity contribution in [3.05, 3.63) is 71.9 Å². The Morgan fingerprint density at radius 1 is 0.676 bits per heavy atom. The number of hydrogen-bond acceptors (Lipinski definition) is 14. The molecule has 24 heteroatoms. The first kappa shape index (κ1) is 59.1. The first-order chi connectivity index (χ1) is 33.8. The van der Waals surface area contributed by atoms with Gasteiger partial charge in [0.2, 0.25) is 47.3 Å². The normalized spacial score (nSPS) is 14.5. The van der Waals surface area contributed by atoms with Gasteiger partial charge in [-0.1, -0.05) is 62.4 Å². The van der Waals surface area contributed by atoms with Crippen molar-refractivity contribution in [3.8, 4) is 0 Å². The fourth-order valence-electron chi connectivity index (χ4n) is 7.15. The van der Waals surface area contributed by atoms with E-state index in [1.807, 2.05) is 24.3 Å². The number of unbranched alkanes of at least 4 members (excludes halogenated alkanes) is 1. The van der Waals surface area contributed by atoms with Crippen molar-refractivity contribution in [2.75, 3.05) is 37.5 Å². The highest BCUT2D eigenvalue weighted by Crippen LogP contribution is 2.19. The Morgan fingerprint density at radius 2 is 1.30 bits per heavy atom. The predicted octanol–water partition coefficient (Wildman–Crippen LogP) is -1.65. The van der Waals surface area contributed by atoms with Gasteiger partial charge in [0, 0.05) is 29.3 Å². The van der Waals surface area contributed by atoms with Crippen LogP contribution in [0.3, 0.4) is 0 Å². The van der Waals surface area contributed by atoms with E-state index in [1.165, 1.54) is 18.7 Å². The number of aromatic nitrogens is 1. The summed E-state index contributed by atoms with van der Waals surface area (Å²) in [6.07, 6.45) is 4.94. The summed E-state index contributed by atoms with van der Waals surface area (Å²) >= 11 is 5.52. The molecule has 0 aliphatic rings. The van der Waals surface area contributed by atoms with E-state index in [-0.39, 0.29) is 31.4 Å². The molecule has 0 fully saturated rings. The molecule has 0 saturated carbocycles. The van der Waals surface area contributed by atoms with Crippen LogP contribution in [0.5, 0.6) is 0 Å². The van der Waals surface area contributed by atoms with Crippen LogP contribution >= 0.6 is 24.4 Å². The van der Waals surface area contributed by atoms with Crippen molar-refractivity contribution in [1.82, 2.24) is 47.5 Å². The van der Waals surface area contributed by atoms with E-state index in [0.717, 1.165) is 16.5 Å². The third kappa shape index (κ3) is 19.5. The van der Waals surface area contributed by atoms with Gasteiger partial charge in [0.05, 0.1) is 19.2 Å². The van der Waals surface area contributed by atoms with E-state index in [1.54, 1.807) is 56.6 Å². The van der Waals surface area contributed by atoms with Crippen molar-refractivity contribution in [1.29, 1.82) is 0 Å². The molecule has 0 spiro atoms. The lowest BCUT2D eigenvalue weighted by Gasteiger charge is -2.26. The molecular formula is C47H69N11O11S2. The molecule has 71 heavy (non-hydrogen) atoms. The van der Waals surface area contributed by atoms with E-state index in [0.29, 0.717) is 30.7 Å². The molecule has 22 nitrogen and oxygen atoms in total. The molecule has 0 unspecified atom stereocenters. The number of benzene rings is 2. The summed E-state index contributed by atoms with van der Waals surface area (Å²) in [7, 11) is 0. The molecule has 3 rings (SSSR count). The molecule has 1 heterocycles. The molecule has 0 aliphatic carbocycles. The Morgan fingerprint density at radius 3 is 1.93 bits per heavy atom. The summed E-state index contributed by atoms with van der Waals surface area (Å²) in [5.74, 6) is -7.81. The van der Waals surface area contributed by atoms with Gasteiger partial charge < -0.3 is 69.2 Å². The highest BCUT2D eigenvalue weighted by Gasteiger charge is 2.33. The zero-order valence-electron chi connectivity index (χ0n) is 40.3. The Bertz CT molecular complexity index is 2270. The van der Waals surface area contributed by atoms with Gasteiger partial charge >= 0.3 is 5.97 Å². The molecule has 0 bridgehead atoms. The minimum absolute atomic E-state index is 0.00538. The first-order valence-electron chi connectivity index (χ1n) is 23.2. The smallest absolute Gasteiger partial charge is 0.326 e. The van der Waals surface area contributed by atoms with Crippen LogP contribution in [0.25, 0.3) is 10.9 Å². The number of thiol groups is 1. The van der Waals surface area contributed by atoms with Crippen LogP contribution in [-0.2, 0) is 56.0 Å². The number of nitrogens with one attached hydrogen (secondary N) is 9. The van der Waals surface area contributed by atoms with Crippen LogP contribution in [0.15, 0.2) is 60.8 Å². The number of carboxylic acids is 1. The number of carbonyl (C=O) groups is 9. The standard InChI is InChI=1S/C47H69N11O11S2/c1-26(2)39(58-41(62)31(49)21-29-22-50-32-15-9-8-14-30(29)32)46(67)56-35(20-28-12-6-5-7-13-28)42(63)51-23-38(60)53-36(24-59)44(65)52-27(3)40(61)54-33(17-19-71-4)43(64)57-37(25-70)45(66)55-34(47(68)69)16-10-11-18-48/h5-9,12-15,22,26-27,31,33-37,39,50,59,70H,10-11,16-21,23-25,48-49H2,1-4H3,(H,51,63)(H,52,65)(H,53,60)(H,54,61)(H,55,66)(H,56,67)(H,57,64)(H,58,62)(H,68,69)/t27-,31-,33-,34-,35-,36-,37-,39-/m0/s1. The highest BCUT2D eigenvalue weighted by molar-refractivity contribution is 7.98. The van der Waals surface area contributed by atoms with Crippen molar-refractivity contribution >= 4 is 88.5 Å². The number of aliphatic carboxylic acids is 1. The summed E-state index contributed by atoms with van der Waals surface area (Å²) in [5, 5.41) is 40.5. The first-order valence-corrected chi connectivity index (χ1v) is 25.2. The topological polar surface area (TPSA) is 358 Å². The number of carbonyl (C=O) groups excluding carboxylic acids is 8. The maximum atomic E-state index is 13.8. The molecule has 8 amide bonds. The number of para-hydroxylation sites is 1. The number of H-pyrrole nitrogens is 1. The molecule has 2 aromatic carbocycles. The van der Waals surface area contributed by atoms with E-state index >= 15 is 0 Å². The number of aliphatic hydroxyl groups excluding tert-OH is 1. The van der Waals surface area contributed by atoms with Crippen LogP contribution in [-0.4, -0.2) is 154 Å². The highest BCUT2D eigenvalue weighted by atomic mass is 32.2. The van der Waals surface area contributed by atoms with Crippen molar-refractivity contribution in [3.63, 3.8) is 0 Å². The maximum absolute atomic E-state index is 13.8. The number of fused-ring (bicyclic) bond motifs is 1. The number of aliphatic hydroxyl groups is 1. The van der Waals surface area contributed by atoms with Crippen molar-refractivity contribution in [2.45, 2.75) is 108 Å². The number of amides is 8. The second-order valence-corrected chi connectivity index (χ2v) is 18.5. The average Bonchev–Trinajstić information content (AvgIpc) is 3.75. The van der Waals surface area contributed by atoms with Crippen LogP contribution in [0.1, 0.15) is 57.6 Å². The van der Waals surface area contributed by atoms with Gasteiger partial charge in [-0.2, -0.15) is 24.4 Å². The summed E-state index contributed by atoms with van der Waals surface area (Å²) in [4.78, 5) is 122. The Kier molecular flexibility index (Phi) is 25.4. The second-order valence-electron chi connectivity index (χ2n) is 17.2. The largest absolute Gasteiger partial charge is 0.480 e. The number of aromatic amines is 1. The molecule has 0 saturated heterocycles. The number of rotatable bonds is 31. The fourth-order valence-corrected chi connectivity index (χ4v) is 7.87. The van der Waals surface area contributed by atoms with Gasteiger partial charge in [-0.3, -0.25) is 38.4 Å². The zero-order chi connectivity index (χ0) is 52.6. The summed E-state index contributed by atoms with van der Waals surface area (Å²) in [6.45, 7) is 3.46. The van der Waals surface area contributed by atoms with E-state index in [9.17, 15) is 53.4 Å². The summed E-state index contributed by atoms with van der Waals surface area (Å²) < 4.78 is 0. The van der Waals surface area contributed by atoms with E-state index in [2.05, 4.69) is 60.1 Å². The fraction of sp³-hybridized carbons (Fsp3) is 0.511. The molecule has 0 aliphatic heterocycles. The number of nitrogens with two attached hydrogens (primary N) is 2. The molecule has 3 aromatic rings. The lowest BCUT2D eigenvalue weighted by molar-refractivity contribution is -0.142. The van der Waals surface area contributed by atoms with Crippen molar-refractivity contribution in [2.24, 2.45) is 17.4 Å². The zero-order valence-corrected chi connectivity index (χ0v) is 42.0. The summed E-state index contributed by atoms with van der Waals surface area (Å²) in [6, 6.07) is 6.35. The van der Waals surface area contributed by atoms with E-state index < -0.39 is 121 Å². The van der Waals surface area contributed by atoms with Gasteiger partial charge in [-0.05, 0) is 80.7 Å². The quantitative estimate of drug-likeness (QED) is 0.0254. The molecular weight excluding hydrogens is 959 g/mol. The van der Waals surface area contributed by atoms with Crippen molar-refractivity contribution < 1.29 is 53.4 Å². The van der Waals surface area contributed by atoms with Gasteiger partial charge in [-0.25, -0.2) is 4.79 Å². The molecule has 8 atom stereocenters. The minimum atomic E-state index is -1.60. The minimum Gasteiger partial charge on any atom is -0.480 e. The van der Waals surface area contributed by atoms with Gasteiger partial charge in [-0.15, -0.1) is 0 Å². The van der Waals surface area contributed by atoms with Gasteiger partial charge in [0.25, 0.3) is 0 Å². The van der Waals surface area contributed by atoms with E-state index in [4.69, 9.17) is 11.5 Å². The van der Waals surface area contributed by atoms with Crippen LogP contribution in [0.2, 0.25) is 0 Å². The van der Waals surface area contributed by atoms with Crippen LogP contribution < -0.4 is 54.0 Å². The Labute approximate surface area is 422 Å². The third-order valence-electron chi connectivity index (χ3n) is 11.2. The number of hydrogen-bond donors (Lipinski definition) is 14. The summed E-state index contributed by atoms with van der Waals surface area (Å²) in [5.41, 5.74) is 14.2. The lowest BCUT2D eigenvalue weighted by Crippen LogP contribution is -2.59. The monoisotopic (exact) mass is 1030 g/mol. The molecule has 0 radical (unpaired) electrons. The maximum Gasteiger partial charge on any atom is 0.326 e. The molecule has 1 aromatic heterocycles. The van der Waals surface area contributed by atoms with Gasteiger partial charge in [0.15, 0.2) is 0 Å². The van der Waals surface area contributed by atoms with Crippen LogP contribution in [0.4, 0.5) is 0 Å². The SMILES string of the molecule is CSCC[C@H](NC(=O)[C@H](C)NC(=O)[C@H](CO)NC(=O)CNC(=O)[C@H](Cc1ccccc1)NC(=O)[C@@H](NC(=O)[C@@H](N)Cc1c[nH]c2ccccc12)C(C)C)C(=O)N[C@@H](CS)C(=O)N[C@@H](CCCCN)C(=O)O. The number of thioether (sulfide) groups is 1. The Balaban J connectivity index is 1.60. The second kappa shape index (κ2) is 30.5. The molecule has 15 N–H and O–H groups in total. The Hall–Kier alpha value is -6.21. The van der Waals surface area contributed by atoms with Crippen LogP contribution in [0, 0.1) is 5.92 Å². The predicted molar refractivity (Wildman–Crippen MR) is 272 cm³/mol. The van der Waals surface area contributed by atoms with Gasteiger partial charge in [0.1, 0.15) is 42.3 Å². The lowest BCUT2D eigenvalue weighted by atomic mass is 9.99. The molecule has 390 valence electrons. The number of carboxylic acid groups (broad SMARTS) is 1. The third-order valence-corrected chi connectivity index (χ3v) is 12.3.